The molecule has 0 radical (unpaired) electrons. The maximum absolute atomic E-state index is 13.0. The molecule has 3 heterocycles. The van der Waals surface area contributed by atoms with Crippen LogP contribution in [0.2, 0.25) is 5.02 Å². The molecule has 1 fully saturated rings. The van der Waals surface area contributed by atoms with Crippen LogP contribution in [0.4, 0.5) is 26.4 Å². The number of hydrogen-bond donors (Lipinski definition) is 2. The van der Waals surface area contributed by atoms with E-state index in [4.69, 9.17) is 20.8 Å². The number of alkyl halides is 1. The second kappa shape index (κ2) is 10.1. The van der Waals surface area contributed by atoms with Gasteiger partial charge in [-0.15, -0.1) is 11.3 Å². The van der Waals surface area contributed by atoms with Gasteiger partial charge in [0.2, 0.25) is 5.43 Å². The quantitative estimate of drug-likeness (QED) is 0.335. The van der Waals surface area contributed by atoms with Gasteiger partial charge in [-0.3, -0.25) is 4.79 Å². The number of halogens is 2. The van der Waals surface area contributed by atoms with E-state index in [2.05, 4.69) is 10.6 Å². The first kappa shape index (κ1) is 23.3. The zero-order valence-electron chi connectivity index (χ0n) is 18.5. The van der Waals surface area contributed by atoms with Crippen LogP contribution in [0.3, 0.4) is 0 Å². The number of benzene rings is 2. The molecule has 4 aromatic rings. The van der Waals surface area contributed by atoms with E-state index in [0.717, 1.165) is 11.1 Å². The molecule has 0 spiro atoms. The lowest BCUT2D eigenvalue weighted by Gasteiger charge is -2.27. The van der Waals surface area contributed by atoms with Gasteiger partial charge >= 0.3 is 6.03 Å². The topological polar surface area (TPSA) is 83.8 Å². The summed E-state index contributed by atoms with van der Waals surface area (Å²) in [6.45, 7) is 1.75. The molecule has 1 aliphatic rings. The highest BCUT2D eigenvalue weighted by atomic mass is 35.5. The van der Waals surface area contributed by atoms with Gasteiger partial charge in [-0.05, 0) is 35.9 Å². The summed E-state index contributed by atoms with van der Waals surface area (Å²) >= 11 is 7.26. The molecule has 2 amide bonds. The number of morpholine rings is 1. The van der Waals surface area contributed by atoms with Crippen molar-refractivity contribution in [3.05, 3.63) is 74.7 Å². The Morgan fingerprint density at radius 1 is 1.09 bits per heavy atom. The average Bonchev–Trinajstić information content (AvgIpc) is 3.30. The molecule has 5 rings (SSSR count). The maximum Gasteiger partial charge on any atom is 0.323 e. The molecule has 7 nitrogen and oxygen atoms in total. The van der Waals surface area contributed by atoms with Gasteiger partial charge in [0.05, 0.1) is 13.2 Å². The minimum Gasteiger partial charge on any atom is -0.439 e. The van der Waals surface area contributed by atoms with Crippen molar-refractivity contribution >= 4 is 56.5 Å². The molecule has 0 atom stereocenters. The van der Waals surface area contributed by atoms with Crippen LogP contribution in [0.25, 0.3) is 21.4 Å². The van der Waals surface area contributed by atoms with Crippen molar-refractivity contribution in [3.63, 3.8) is 0 Å². The number of nitrogens with one attached hydrogen (secondary N) is 2. The van der Waals surface area contributed by atoms with E-state index in [9.17, 15) is 14.0 Å². The first-order valence-corrected chi connectivity index (χ1v) is 12.2. The summed E-state index contributed by atoms with van der Waals surface area (Å²) in [5, 5.41) is 7.64. The molecule has 1 aliphatic heterocycles. The van der Waals surface area contributed by atoms with Crippen LogP contribution in [-0.4, -0.2) is 32.3 Å². The summed E-state index contributed by atoms with van der Waals surface area (Å²) in [4.78, 5) is 27.3. The van der Waals surface area contributed by atoms with Crippen molar-refractivity contribution in [3.8, 4) is 11.1 Å². The molecule has 2 aromatic carbocycles. The molecule has 0 saturated carbocycles. The van der Waals surface area contributed by atoms with Crippen LogP contribution in [0, 0.1) is 0 Å². The van der Waals surface area contributed by atoms with Gasteiger partial charge in [0.25, 0.3) is 0 Å². The largest absolute Gasteiger partial charge is 0.439 e. The molecule has 35 heavy (non-hydrogen) atoms. The van der Waals surface area contributed by atoms with Crippen molar-refractivity contribution in [2.75, 3.05) is 41.8 Å². The smallest absolute Gasteiger partial charge is 0.323 e. The lowest BCUT2D eigenvalue weighted by molar-refractivity contribution is 0.121. The number of rotatable bonds is 5. The highest BCUT2D eigenvalue weighted by Gasteiger charge is 2.19. The normalized spacial score (nSPS) is 13.7. The van der Waals surface area contributed by atoms with Gasteiger partial charge in [-0.1, -0.05) is 23.7 Å². The molecule has 2 aromatic heterocycles. The molecular weight excluding hydrogens is 493 g/mol. The zero-order chi connectivity index (χ0) is 24.4. The number of anilines is 3. The number of fused-ring (bicyclic) bond motifs is 1. The van der Waals surface area contributed by atoms with Crippen molar-refractivity contribution < 1.29 is 18.3 Å². The second-order valence-electron chi connectivity index (χ2n) is 7.96. The summed E-state index contributed by atoms with van der Waals surface area (Å²) in [6.07, 6.45) is 0. The van der Waals surface area contributed by atoms with Crippen molar-refractivity contribution in [1.29, 1.82) is 0 Å². The lowest BCUT2D eigenvalue weighted by atomic mass is 10.1. The summed E-state index contributed by atoms with van der Waals surface area (Å²) in [5.74, 6) is 0.523. The number of amides is 2. The number of hydrogen-bond acceptors (Lipinski definition) is 6. The Morgan fingerprint density at radius 3 is 2.63 bits per heavy atom. The predicted octanol–water partition coefficient (Wildman–Crippen LogP) is 6.13. The van der Waals surface area contributed by atoms with Crippen molar-refractivity contribution in [1.82, 2.24) is 0 Å². The Hall–Kier alpha value is -3.40. The van der Waals surface area contributed by atoms with Gasteiger partial charge in [0.15, 0.2) is 11.5 Å². The molecule has 180 valence electrons. The van der Waals surface area contributed by atoms with E-state index in [-0.39, 0.29) is 5.43 Å². The molecule has 0 bridgehead atoms. The number of ether oxygens (including phenoxy) is 1. The van der Waals surface area contributed by atoms with E-state index in [1.807, 2.05) is 22.4 Å². The molecule has 0 aliphatic carbocycles. The molecule has 10 heteroatoms. The van der Waals surface area contributed by atoms with E-state index < -0.39 is 12.7 Å². The standard InChI is InChI=1S/C25H21ClFN3O4S/c26-20-5-4-18(11-16(20)13-27)29-25(32)28-17-3-1-2-15(10-17)19-14-35-24-21(31)12-22(34-23(19)24)30-6-8-33-9-7-30/h1-5,10-12,14H,6-9,13H2,(H2,28,29,32). The minimum absolute atomic E-state index is 0.0896. The summed E-state index contributed by atoms with van der Waals surface area (Å²) in [6, 6.07) is 12.9. The fraction of sp³-hybridized carbons (Fsp3) is 0.200. The van der Waals surface area contributed by atoms with Crippen LogP contribution in [-0.2, 0) is 11.4 Å². The molecule has 0 unspecified atom stereocenters. The first-order valence-electron chi connectivity index (χ1n) is 10.9. The fourth-order valence-corrected chi connectivity index (χ4v) is 4.96. The van der Waals surface area contributed by atoms with Gasteiger partial charge in [0, 0.05) is 52.1 Å². The maximum atomic E-state index is 13.0. The van der Waals surface area contributed by atoms with E-state index in [0.29, 0.717) is 64.4 Å². The Balaban J connectivity index is 1.39. The average molecular weight is 514 g/mol. The SMILES string of the molecule is O=C(Nc1cccc(-c2csc3c(=O)cc(N4CCOCC4)oc23)c1)Nc1ccc(Cl)c(CF)c1. The van der Waals surface area contributed by atoms with Crippen LogP contribution >= 0.6 is 22.9 Å². The van der Waals surface area contributed by atoms with E-state index in [1.54, 1.807) is 18.2 Å². The zero-order valence-corrected chi connectivity index (χ0v) is 20.0. The third-order valence-electron chi connectivity index (χ3n) is 5.63. The van der Waals surface area contributed by atoms with Gasteiger partial charge in [-0.25, -0.2) is 9.18 Å². The van der Waals surface area contributed by atoms with Crippen LogP contribution in [0.15, 0.2) is 63.1 Å². The lowest BCUT2D eigenvalue weighted by Crippen LogP contribution is -2.36. The third-order valence-corrected chi connectivity index (χ3v) is 6.98. The second-order valence-corrected chi connectivity index (χ2v) is 9.24. The monoisotopic (exact) mass is 513 g/mol. The highest BCUT2D eigenvalue weighted by molar-refractivity contribution is 7.17. The Kier molecular flexibility index (Phi) is 6.72. The summed E-state index contributed by atoms with van der Waals surface area (Å²) < 4.78 is 25.2. The Morgan fingerprint density at radius 2 is 1.86 bits per heavy atom. The van der Waals surface area contributed by atoms with Gasteiger partial charge < -0.3 is 24.7 Å². The van der Waals surface area contributed by atoms with Crippen LogP contribution in [0.1, 0.15) is 5.56 Å². The number of carbonyl (C=O) groups excluding carboxylic acids is 1. The van der Waals surface area contributed by atoms with E-state index >= 15 is 0 Å². The molecule has 1 saturated heterocycles. The Bertz CT molecular complexity index is 1450. The number of urea groups is 1. The molecular formula is C25H21ClFN3O4S. The predicted molar refractivity (Wildman–Crippen MR) is 138 cm³/mol. The third kappa shape index (κ3) is 5.02. The Labute approximate surface area is 209 Å². The van der Waals surface area contributed by atoms with Crippen LogP contribution in [0.5, 0.6) is 0 Å². The minimum atomic E-state index is -0.726. The first-order chi connectivity index (χ1) is 17.0. The van der Waals surface area contributed by atoms with E-state index in [1.165, 1.54) is 29.5 Å². The van der Waals surface area contributed by atoms with Gasteiger partial charge in [-0.2, -0.15) is 0 Å². The molecule has 2 N–H and O–H groups in total. The number of thiophene rings is 1. The van der Waals surface area contributed by atoms with Crippen LogP contribution < -0.4 is 21.0 Å². The van der Waals surface area contributed by atoms with Crippen molar-refractivity contribution in [2.24, 2.45) is 0 Å². The summed E-state index contributed by atoms with van der Waals surface area (Å²) in [5.41, 5.74) is 3.27. The highest BCUT2D eigenvalue weighted by Crippen LogP contribution is 2.35. The fourth-order valence-electron chi connectivity index (χ4n) is 3.88. The number of nitrogens with zero attached hydrogens (tertiary/aromatic N) is 1. The van der Waals surface area contributed by atoms with Crippen molar-refractivity contribution in [2.45, 2.75) is 6.67 Å². The van der Waals surface area contributed by atoms with Gasteiger partial charge in [0.1, 0.15) is 11.4 Å². The summed E-state index contributed by atoms with van der Waals surface area (Å²) in [7, 11) is 0. The number of carbonyl (C=O) groups is 1.